The van der Waals surface area contributed by atoms with Gasteiger partial charge in [0.1, 0.15) is 17.4 Å². The van der Waals surface area contributed by atoms with Crippen LogP contribution in [-0.4, -0.2) is 6.10 Å². The molecule has 0 bridgehead atoms. The number of hydrogen-bond donors (Lipinski definition) is 0. The smallest absolute Gasteiger partial charge is 0.343 e. The molecule has 0 amide bonds. The van der Waals surface area contributed by atoms with E-state index in [2.05, 4.69) is 19.1 Å². The van der Waals surface area contributed by atoms with Crippen LogP contribution in [0.5, 0.6) is 5.75 Å². The first-order chi connectivity index (χ1) is 10.1. The summed E-state index contributed by atoms with van der Waals surface area (Å²) < 4.78 is 11.6. The molecule has 0 fully saturated rings. The second-order valence-corrected chi connectivity index (χ2v) is 5.86. The Kier molecular flexibility index (Phi) is 2.43. The number of ether oxygens (including phenoxy) is 1. The van der Waals surface area contributed by atoms with E-state index in [4.69, 9.17) is 9.15 Å². The van der Waals surface area contributed by atoms with Crippen molar-refractivity contribution in [3.63, 3.8) is 0 Å². The summed E-state index contributed by atoms with van der Waals surface area (Å²) in [5, 5.41) is 2.95. The van der Waals surface area contributed by atoms with Crippen LogP contribution in [0.2, 0.25) is 0 Å². The summed E-state index contributed by atoms with van der Waals surface area (Å²) >= 11 is 0. The average Bonchev–Trinajstić information content (AvgIpc) is 2.76. The van der Waals surface area contributed by atoms with Crippen LogP contribution in [0.1, 0.15) is 30.9 Å². The van der Waals surface area contributed by atoms with Crippen molar-refractivity contribution in [2.24, 2.45) is 0 Å². The van der Waals surface area contributed by atoms with E-state index in [-0.39, 0.29) is 17.6 Å². The Hall–Kier alpha value is -2.29. The van der Waals surface area contributed by atoms with Crippen LogP contribution in [0.25, 0.3) is 21.7 Å². The van der Waals surface area contributed by atoms with Gasteiger partial charge in [0.25, 0.3) is 0 Å². The largest absolute Gasteiger partial charge is 0.489 e. The summed E-state index contributed by atoms with van der Waals surface area (Å²) in [6, 6.07) is 10.1. The van der Waals surface area contributed by atoms with Crippen LogP contribution >= 0.6 is 0 Å². The van der Waals surface area contributed by atoms with Crippen molar-refractivity contribution < 1.29 is 9.15 Å². The van der Waals surface area contributed by atoms with Crippen LogP contribution in [0.4, 0.5) is 0 Å². The lowest BCUT2D eigenvalue weighted by molar-refractivity contribution is 0.234. The van der Waals surface area contributed by atoms with Crippen LogP contribution in [-0.2, 0) is 0 Å². The molecule has 0 saturated carbocycles. The third-order valence-electron chi connectivity index (χ3n) is 4.60. The molecule has 3 aromatic rings. The van der Waals surface area contributed by atoms with Gasteiger partial charge in [0.05, 0.1) is 10.9 Å². The minimum atomic E-state index is -0.275. The Labute approximate surface area is 122 Å². The molecule has 106 valence electrons. The highest BCUT2D eigenvalue weighted by Crippen LogP contribution is 2.42. The van der Waals surface area contributed by atoms with Crippen LogP contribution in [0, 0.1) is 6.92 Å². The fraction of sp³-hybridized carbons (Fsp3) is 0.278. The fourth-order valence-electron chi connectivity index (χ4n) is 3.20. The Balaban J connectivity index is 2.20. The van der Waals surface area contributed by atoms with Crippen LogP contribution in [0.15, 0.2) is 39.5 Å². The SMILES string of the molecule is Cc1cccc2c1ccc1c3c(c(=O)oc12)[C@@H](C)[C@@H](C)O3. The summed E-state index contributed by atoms with van der Waals surface area (Å²) in [5.74, 6) is 0.763. The monoisotopic (exact) mass is 280 g/mol. The summed E-state index contributed by atoms with van der Waals surface area (Å²) in [4.78, 5) is 12.4. The molecule has 0 radical (unpaired) electrons. The minimum Gasteiger partial charge on any atom is -0.489 e. The van der Waals surface area contributed by atoms with Crippen LogP contribution in [0.3, 0.4) is 0 Å². The maximum Gasteiger partial charge on any atom is 0.343 e. The number of fused-ring (bicyclic) bond motifs is 5. The van der Waals surface area contributed by atoms with E-state index in [9.17, 15) is 4.79 Å². The lowest BCUT2D eigenvalue weighted by Crippen LogP contribution is -2.14. The van der Waals surface area contributed by atoms with Gasteiger partial charge < -0.3 is 9.15 Å². The van der Waals surface area contributed by atoms with E-state index in [0.717, 1.165) is 16.2 Å². The van der Waals surface area contributed by atoms with Gasteiger partial charge >= 0.3 is 5.63 Å². The maximum atomic E-state index is 12.4. The molecule has 3 heteroatoms. The predicted molar refractivity (Wildman–Crippen MR) is 83.2 cm³/mol. The van der Waals surface area contributed by atoms with Crippen molar-refractivity contribution in [1.82, 2.24) is 0 Å². The molecular formula is C18H16O3. The Morgan fingerprint density at radius 1 is 1.00 bits per heavy atom. The second kappa shape index (κ2) is 4.10. The zero-order valence-corrected chi connectivity index (χ0v) is 12.3. The predicted octanol–water partition coefficient (Wildman–Crippen LogP) is 4.14. The minimum absolute atomic E-state index is 0.00158. The van der Waals surface area contributed by atoms with Gasteiger partial charge in [-0.15, -0.1) is 0 Å². The molecule has 0 unspecified atom stereocenters. The zero-order valence-electron chi connectivity index (χ0n) is 12.3. The van der Waals surface area contributed by atoms with Crippen molar-refractivity contribution in [1.29, 1.82) is 0 Å². The van der Waals surface area contributed by atoms with Gasteiger partial charge in [-0.2, -0.15) is 0 Å². The average molecular weight is 280 g/mol. The van der Waals surface area contributed by atoms with E-state index in [1.807, 2.05) is 32.0 Å². The number of rotatable bonds is 0. The number of hydrogen-bond acceptors (Lipinski definition) is 3. The molecule has 1 aliphatic rings. The fourth-order valence-corrected chi connectivity index (χ4v) is 3.20. The summed E-state index contributed by atoms with van der Waals surface area (Å²) in [6.07, 6.45) is 0.00158. The van der Waals surface area contributed by atoms with E-state index in [1.54, 1.807) is 0 Å². The Morgan fingerprint density at radius 3 is 2.57 bits per heavy atom. The summed E-state index contributed by atoms with van der Waals surface area (Å²) in [7, 11) is 0. The van der Waals surface area contributed by atoms with Gasteiger partial charge in [0.2, 0.25) is 0 Å². The first kappa shape index (κ1) is 12.5. The molecule has 0 spiro atoms. The van der Waals surface area contributed by atoms with E-state index < -0.39 is 0 Å². The highest BCUT2D eigenvalue weighted by atomic mass is 16.5. The molecule has 1 aliphatic heterocycles. The first-order valence-corrected chi connectivity index (χ1v) is 7.23. The Bertz CT molecular complexity index is 936. The Morgan fingerprint density at radius 2 is 1.76 bits per heavy atom. The molecule has 2 aromatic carbocycles. The van der Waals surface area contributed by atoms with Crippen LogP contribution < -0.4 is 10.4 Å². The molecule has 2 atom stereocenters. The van der Waals surface area contributed by atoms with Crippen molar-refractivity contribution in [2.45, 2.75) is 32.8 Å². The third kappa shape index (κ3) is 1.57. The highest BCUT2D eigenvalue weighted by Gasteiger charge is 2.33. The zero-order chi connectivity index (χ0) is 14.7. The quantitative estimate of drug-likeness (QED) is 0.459. The van der Waals surface area contributed by atoms with Gasteiger partial charge in [-0.3, -0.25) is 0 Å². The molecule has 0 aliphatic carbocycles. The van der Waals surface area contributed by atoms with Gasteiger partial charge in [0, 0.05) is 11.3 Å². The first-order valence-electron chi connectivity index (χ1n) is 7.23. The molecule has 1 aromatic heterocycles. The summed E-state index contributed by atoms with van der Waals surface area (Å²) in [5.41, 5.74) is 2.19. The van der Waals surface area contributed by atoms with Crippen molar-refractivity contribution in [2.75, 3.05) is 0 Å². The highest BCUT2D eigenvalue weighted by molar-refractivity contribution is 6.07. The number of benzene rings is 2. The van der Waals surface area contributed by atoms with Gasteiger partial charge in [-0.25, -0.2) is 4.79 Å². The number of aryl methyl sites for hydroxylation is 1. The van der Waals surface area contributed by atoms with E-state index in [0.29, 0.717) is 16.9 Å². The van der Waals surface area contributed by atoms with Crippen molar-refractivity contribution in [3.05, 3.63) is 51.9 Å². The molecule has 3 nitrogen and oxygen atoms in total. The normalized spacial score (nSPS) is 20.7. The summed E-state index contributed by atoms with van der Waals surface area (Å²) in [6.45, 7) is 6.05. The molecule has 4 rings (SSSR count). The molecular weight excluding hydrogens is 264 g/mol. The molecule has 2 heterocycles. The lowest BCUT2D eigenvalue weighted by atomic mass is 9.97. The second-order valence-electron chi connectivity index (χ2n) is 5.86. The molecule has 21 heavy (non-hydrogen) atoms. The third-order valence-corrected chi connectivity index (χ3v) is 4.60. The van der Waals surface area contributed by atoms with Crippen molar-refractivity contribution in [3.8, 4) is 5.75 Å². The molecule has 0 saturated heterocycles. The molecule has 0 N–H and O–H groups in total. The van der Waals surface area contributed by atoms with Gasteiger partial charge in [-0.1, -0.05) is 31.2 Å². The van der Waals surface area contributed by atoms with Crippen molar-refractivity contribution >= 4 is 21.7 Å². The topological polar surface area (TPSA) is 39.4 Å². The standard InChI is InChI=1S/C18H16O3/c1-9-5-4-6-13-12(9)7-8-14-16(13)21-18(19)15-10(2)11(3)20-17(14)15/h4-8,10-11H,1-3H3/t10-,11+/m0/s1. The maximum absolute atomic E-state index is 12.4. The van der Waals surface area contributed by atoms with E-state index in [1.165, 1.54) is 5.56 Å². The lowest BCUT2D eigenvalue weighted by Gasteiger charge is -2.08. The van der Waals surface area contributed by atoms with Gasteiger partial charge in [0.15, 0.2) is 0 Å². The van der Waals surface area contributed by atoms with E-state index >= 15 is 0 Å². The van der Waals surface area contributed by atoms with Gasteiger partial charge in [-0.05, 0) is 30.9 Å².